The number of hydrogen-bond donors (Lipinski definition) is 1. The lowest BCUT2D eigenvalue weighted by Crippen LogP contribution is -2.14. The summed E-state index contributed by atoms with van der Waals surface area (Å²) in [4.78, 5) is 12.5. The zero-order chi connectivity index (χ0) is 21.5. The first-order valence-electron chi connectivity index (χ1n) is 9.74. The molecule has 0 aromatic heterocycles. The summed E-state index contributed by atoms with van der Waals surface area (Å²) in [5.41, 5.74) is 5.87. The van der Waals surface area contributed by atoms with Gasteiger partial charge < -0.3 is 10.1 Å². The monoisotopic (exact) mass is 396 g/mol. The number of aryl methyl sites for hydroxylation is 2. The van der Waals surface area contributed by atoms with Crippen molar-refractivity contribution >= 4 is 17.7 Å². The van der Waals surface area contributed by atoms with E-state index in [0.29, 0.717) is 12.3 Å². The van der Waals surface area contributed by atoms with Crippen molar-refractivity contribution in [3.8, 4) is 11.8 Å². The molecule has 4 heteroatoms. The normalized spacial score (nSPS) is 10.9. The SMILES string of the molecule is Cc1cccc(COc2ccc(/C=C(\C#N)C(=O)Nc3cccc(C)c3C)cc2)c1. The Hall–Kier alpha value is -3.84. The second-order valence-corrected chi connectivity index (χ2v) is 7.22. The van der Waals surface area contributed by atoms with Crippen LogP contribution in [0.25, 0.3) is 6.08 Å². The Balaban J connectivity index is 1.67. The van der Waals surface area contributed by atoms with Gasteiger partial charge in [-0.25, -0.2) is 0 Å². The van der Waals surface area contributed by atoms with Crippen LogP contribution in [0.15, 0.2) is 72.3 Å². The van der Waals surface area contributed by atoms with E-state index in [1.807, 2.05) is 87.5 Å². The second-order valence-electron chi connectivity index (χ2n) is 7.22. The van der Waals surface area contributed by atoms with Crippen LogP contribution in [0.2, 0.25) is 0 Å². The number of nitrogens with zero attached hydrogens (tertiary/aromatic N) is 1. The minimum absolute atomic E-state index is 0.0457. The number of nitriles is 1. The number of benzene rings is 3. The number of ether oxygens (including phenoxy) is 1. The molecule has 3 rings (SSSR count). The van der Waals surface area contributed by atoms with Crippen molar-refractivity contribution in [2.24, 2.45) is 0 Å². The van der Waals surface area contributed by atoms with Gasteiger partial charge in [-0.2, -0.15) is 5.26 Å². The molecule has 0 spiro atoms. The predicted molar refractivity (Wildman–Crippen MR) is 120 cm³/mol. The summed E-state index contributed by atoms with van der Waals surface area (Å²) in [7, 11) is 0. The van der Waals surface area contributed by atoms with Crippen LogP contribution < -0.4 is 10.1 Å². The fourth-order valence-electron chi connectivity index (χ4n) is 3.02. The Kier molecular flexibility index (Phi) is 6.67. The maximum Gasteiger partial charge on any atom is 0.266 e. The lowest BCUT2D eigenvalue weighted by molar-refractivity contribution is -0.112. The molecule has 30 heavy (non-hydrogen) atoms. The van der Waals surface area contributed by atoms with Crippen LogP contribution in [-0.2, 0) is 11.4 Å². The molecular formula is C26H24N2O2. The van der Waals surface area contributed by atoms with Gasteiger partial charge in [0.1, 0.15) is 24.0 Å². The van der Waals surface area contributed by atoms with Gasteiger partial charge in [-0.3, -0.25) is 4.79 Å². The summed E-state index contributed by atoms with van der Waals surface area (Å²) in [6, 6.07) is 23.2. The molecule has 0 radical (unpaired) electrons. The van der Waals surface area contributed by atoms with Gasteiger partial charge in [0.15, 0.2) is 0 Å². The van der Waals surface area contributed by atoms with Crippen molar-refractivity contribution in [2.75, 3.05) is 5.32 Å². The largest absolute Gasteiger partial charge is 0.489 e. The number of anilines is 1. The molecule has 3 aromatic carbocycles. The molecule has 0 atom stereocenters. The van der Waals surface area contributed by atoms with Crippen LogP contribution in [-0.4, -0.2) is 5.91 Å². The van der Waals surface area contributed by atoms with E-state index in [-0.39, 0.29) is 5.57 Å². The summed E-state index contributed by atoms with van der Waals surface area (Å²) in [6.07, 6.45) is 1.57. The molecule has 3 aromatic rings. The Morgan fingerprint density at radius 2 is 1.77 bits per heavy atom. The van der Waals surface area contributed by atoms with Gasteiger partial charge >= 0.3 is 0 Å². The van der Waals surface area contributed by atoms with Gasteiger partial charge in [-0.1, -0.05) is 54.1 Å². The fraction of sp³-hybridized carbons (Fsp3) is 0.154. The molecule has 4 nitrogen and oxygen atoms in total. The third-order valence-electron chi connectivity index (χ3n) is 4.90. The molecule has 0 aliphatic rings. The molecule has 0 saturated carbocycles. The van der Waals surface area contributed by atoms with Crippen LogP contribution in [0.3, 0.4) is 0 Å². The maximum atomic E-state index is 12.5. The van der Waals surface area contributed by atoms with Crippen LogP contribution in [0, 0.1) is 32.1 Å². The first kappa shape index (κ1) is 20.9. The number of nitrogens with one attached hydrogen (secondary N) is 1. The molecule has 1 amide bonds. The quantitative estimate of drug-likeness (QED) is 0.427. The van der Waals surface area contributed by atoms with Crippen molar-refractivity contribution in [3.63, 3.8) is 0 Å². The maximum absolute atomic E-state index is 12.5. The van der Waals surface area contributed by atoms with Crippen LogP contribution in [0.5, 0.6) is 5.75 Å². The molecule has 0 heterocycles. The highest BCUT2D eigenvalue weighted by molar-refractivity contribution is 6.10. The Morgan fingerprint density at radius 3 is 2.47 bits per heavy atom. The molecule has 0 unspecified atom stereocenters. The predicted octanol–water partition coefficient (Wildman–Crippen LogP) is 5.74. The summed E-state index contributed by atoms with van der Waals surface area (Å²) in [5, 5.41) is 12.3. The number of hydrogen-bond acceptors (Lipinski definition) is 3. The van der Waals surface area contributed by atoms with Crippen molar-refractivity contribution < 1.29 is 9.53 Å². The molecule has 1 N–H and O–H groups in total. The molecule has 0 aliphatic heterocycles. The topological polar surface area (TPSA) is 62.1 Å². The molecule has 150 valence electrons. The summed E-state index contributed by atoms with van der Waals surface area (Å²) >= 11 is 0. The third-order valence-corrected chi connectivity index (χ3v) is 4.90. The third kappa shape index (κ3) is 5.36. The first-order valence-corrected chi connectivity index (χ1v) is 9.74. The highest BCUT2D eigenvalue weighted by Gasteiger charge is 2.11. The Bertz CT molecular complexity index is 1120. The molecule has 0 bridgehead atoms. The Labute approximate surface area is 177 Å². The van der Waals surface area contributed by atoms with E-state index < -0.39 is 5.91 Å². The second kappa shape index (κ2) is 9.58. The molecule has 0 fully saturated rings. The smallest absolute Gasteiger partial charge is 0.266 e. The van der Waals surface area contributed by atoms with Crippen LogP contribution >= 0.6 is 0 Å². The Morgan fingerprint density at radius 1 is 1.03 bits per heavy atom. The van der Waals surface area contributed by atoms with Crippen LogP contribution in [0.1, 0.15) is 27.8 Å². The number of rotatable bonds is 6. The van der Waals surface area contributed by atoms with Gasteiger partial charge in [0.25, 0.3) is 5.91 Å². The molecular weight excluding hydrogens is 372 g/mol. The highest BCUT2D eigenvalue weighted by atomic mass is 16.5. The van der Waals surface area contributed by atoms with Gasteiger partial charge in [-0.15, -0.1) is 0 Å². The van der Waals surface area contributed by atoms with Crippen LogP contribution in [0.4, 0.5) is 5.69 Å². The molecule has 0 saturated heterocycles. The lowest BCUT2D eigenvalue weighted by atomic mass is 10.1. The summed E-state index contributed by atoms with van der Waals surface area (Å²) in [5.74, 6) is 0.304. The minimum Gasteiger partial charge on any atom is -0.489 e. The zero-order valence-corrected chi connectivity index (χ0v) is 17.4. The van der Waals surface area contributed by atoms with E-state index in [1.165, 1.54) is 5.56 Å². The van der Waals surface area contributed by atoms with E-state index in [0.717, 1.165) is 28.0 Å². The van der Waals surface area contributed by atoms with Gasteiger partial charge in [0, 0.05) is 5.69 Å². The van der Waals surface area contributed by atoms with Gasteiger partial charge in [-0.05, 0) is 67.3 Å². The average Bonchev–Trinajstić information content (AvgIpc) is 2.74. The van der Waals surface area contributed by atoms with E-state index >= 15 is 0 Å². The van der Waals surface area contributed by atoms with Crippen molar-refractivity contribution in [2.45, 2.75) is 27.4 Å². The standard InChI is InChI=1S/C26H24N2O2/c1-18-6-4-8-22(14-18)17-30-24-12-10-21(11-13-24)15-23(16-27)26(29)28-25-9-5-7-19(2)20(25)3/h4-15H,17H2,1-3H3,(H,28,29)/b23-15+. The van der Waals surface area contributed by atoms with Crippen molar-refractivity contribution in [1.82, 2.24) is 0 Å². The average molecular weight is 396 g/mol. The minimum atomic E-state index is -0.425. The van der Waals surface area contributed by atoms with E-state index in [4.69, 9.17) is 4.74 Å². The molecule has 0 aliphatic carbocycles. The lowest BCUT2D eigenvalue weighted by Gasteiger charge is -2.10. The summed E-state index contributed by atoms with van der Waals surface area (Å²) in [6.45, 7) is 6.46. The summed E-state index contributed by atoms with van der Waals surface area (Å²) < 4.78 is 5.82. The zero-order valence-electron chi connectivity index (χ0n) is 17.4. The van der Waals surface area contributed by atoms with Gasteiger partial charge in [0.05, 0.1) is 0 Å². The first-order chi connectivity index (χ1) is 14.5. The number of carbonyl (C=O) groups is 1. The number of carbonyl (C=O) groups excluding carboxylic acids is 1. The van der Waals surface area contributed by atoms with Crippen molar-refractivity contribution in [1.29, 1.82) is 5.26 Å². The highest BCUT2D eigenvalue weighted by Crippen LogP contribution is 2.20. The van der Waals surface area contributed by atoms with E-state index in [9.17, 15) is 10.1 Å². The van der Waals surface area contributed by atoms with Gasteiger partial charge in [0.2, 0.25) is 0 Å². The number of amides is 1. The van der Waals surface area contributed by atoms with E-state index in [1.54, 1.807) is 6.08 Å². The van der Waals surface area contributed by atoms with E-state index in [2.05, 4.69) is 11.4 Å². The fourth-order valence-corrected chi connectivity index (χ4v) is 3.02. The van der Waals surface area contributed by atoms with Crippen molar-refractivity contribution in [3.05, 3.63) is 100 Å².